The Labute approximate surface area is 120 Å². The maximum absolute atomic E-state index is 11.8. The lowest BCUT2D eigenvalue weighted by Crippen LogP contribution is -2.36. The third-order valence-corrected chi connectivity index (χ3v) is 3.67. The first-order chi connectivity index (χ1) is 9.15. The molecule has 0 saturated carbocycles. The zero-order chi connectivity index (χ0) is 14.1. The molecular weight excluding hydrogens is 256 g/mol. The van der Waals surface area contributed by atoms with Gasteiger partial charge < -0.3 is 10.6 Å². The van der Waals surface area contributed by atoms with Crippen molar-refractivity contribution in [2.45, 2.75) is 50.5 Å². The number of nitrogens with one attached hydrogen (secondary N) is 2. The molecule has 1 aromatic carbocycles. The summed E-state index contributed by atoms with van der Waals surface area (Å²) in [5.41, 5.74) is 0.838. The van der Waals surface area contributed by atoms with Gasteiger partial charge in [-0.15, -0.1) is 11.8 Å². The number of thioether (sulfide) groups is 1. The second kappa shape index (κ2) is 8.86. The van der Waals surface area contributed by atoms with Crippen LogP contribution in [0.4, 0.5) is 10.5 Å². The van der Waals surface area contributed by atoms with Crippen molar-refractivity contribution >= 4 is 23.5 Å². The molecule has 0 aliphatic carbocycles. The Balaban J connectivity index is 2.37. The molecule has 0 radical (unpaired) electrons. The summed E-state index contributed by atoms with van der Waals surface area (Å²) in [4.78, 5) is 13.0. The van der Waals surface area contributed by atoms with Gasteiger partial charge in [0.05, 0.1) is 0 Å². The zero-order valence-corrected chi connectivity index (χ0v) is 12.8. The summed E-state index contributed by atoms with van der Waals surface area (Å²) in [5.74, 6) is 0. The highest BCUT2D eigenvalue weighted by atomic mass is 32.2. The Morgan fingerprint density at radius 1 is 1.37 bits per heavy atom. The van der Waals surface area contributed by atoms with E-state index in [1.165, 1.54) is 19.3 Å². The van der Waals surface area contributed by atoms with Gasteiger partial charge in [-0.25, -0.2) is 4.79 Å². The minimum atomic E-state index is -0.123. The Morgan fingerprint density at radius 2 is 2.16 bits per heavy atom. The van der Waals surface area contributed by atoms with E-state index in [2.05, 4.69) is 17.6 Å². The normalized spacial score (nSPS) is 11.9. The molecule has 0 unspecified atom stereocenters. The van der Waals surface area contributed by atoms with Crippen LogP contribution in [-0.4, -0.2) is 18.3 Å². The van der Waals surface area contributed by atoms with Gasteiger partial charge in [0.2, 0.25) is 0 Å². The summed E-state index contributed by atoms with van der Waals surface area (Å²) in [7, 11) is 0. The predicted molar refractivity (Wildman–Crippen MR) is 84.0 cm³/mol. The monoisotopic (exact) mass is 280 g/mol. The molecule has 0 aliphatic rings. The van der Waals surface area contributed by atoms with E-state index in [1.807, 2.05) is 37.4 Å². The number of hydrogen-bond acceptors (Lipinski definition) is 2. The third kappa shape index (κ3) is 6.53. The summed E-state index contributed by atoms with van der Waals surface area (Å²) in [6.07, 6.45) is 6.66. The van der Waals surface area contributed by atoms with Crippen LogP contribution in [0.25, 0.3) is 0 Å². The minimum absolute atomic E-state index is 0.123. The van der Waals surface area contributed by atoms with Gasteiger partial charge in [-0.3, -0.25) is 0 Å². The summed E-state index contributed by atoms with van der Waals surface area (Å²) in [5, 5.41) is 5.84. The second-order valence-corrected chi connectivity index (χ2v) is 5.61. The van der Waals surface area contributed by atoms with E-state index >= 15 is 0 Å². The highest BCUT2D eigenvalue weighted by Crippen LogP contribution is 2.18. The molecule has 0 fully saturated rings. The Hall–Kier alpha value is -1.16. The Bertz CT molecular complexity index is 395. The largest absolute Gasteiger partial charge is 0.335 e. The smallest absolute Gasteiger partial charge is 0.319 e. The van der Waals surface area contributed by atoms with Crippen molar-refractivity contribution in [2.75, 3.05) is 11.6 Å². The van der Waals surface area contributed by atoms with Crippen molar-refractivity contribution in [3.63, 3.8) is 0 Å². The molecule has 2 amide bonds. The highest BCUT2D eigenvalue weighted by Gasteiger charge is 2.07. The highest BCUT2D eigenvalue weighted by molar-refractivity contribution is 7.98. The van der Waals surface area contributed by atoms with Gasteiger partial charge in [0.25, 0.3) is 0 Å². The molecule has 4 heteroatoms. The van der Waals surface area contributed by atoms with Crippen LogP contribution in [0, 0.1) is 0 Å². The van der Waals surface area contributed by atoms with E-state index in [0.29, 0.717) is 0 Å². The van der Waals surface area contributed by atoms with E-state index < -0.39 is 0 Å². The summed E-state index contributed by atoms with van der Waals surface area (Å²) >= 11 is 1.67. The molecule has 106 valence electrons. The molecule has 0 heterocycles. The van der Waals surface area contributed by atoms with Crippen LogP contribution >= 0.6 is 11.8 Å². The standard InChI is InChI=1S/C15H24N2OS/c1-4-5-6-8-12(2)16-15(18)17-13-9-7-10-14(11-13)19-3/h7,9-12H,4-6,8H2,1-3H3,(H2,16,17,18)/t12-/m1/s1. The lowest BCUT2D eigenvalue weighted by atomic mass is 10.1. The molecule has 0 spiro atoms. The summed E-state index contributed by atoms with van der Waals surface area (Å²) in [6.45, 7) is 4.23. The van der Waals surface area contributed by atoms with Crippen LogP contribution in [0.5, 0.6) is 0 Å². The van der Waals surface area contributed by atoms with Crippen LogP contribution in [0.2, 0.25) is 0 Å². The predicted octanol–water partition coefficient (Wildman–Crippen LogP) is 4.50. The second-order valence-electron chi connectivity index (χ2n) is 4.73. The Morgan fingerprint density at radius 3 is 2.84 bits per heavy atom. The Kier molecular flexibility index (Phi) is 7.41. The first-order valence-corrected chi connectivity index (χ1v) is 8.09. The lowest BCUT2D eigenvalue weighted by molar-refractivity contribution is 0.248. The SMILES string of the molecule is CCCCC[C@@H](C)NC(=O)Nc1cccc(SC)c1. The number of anilines is 1. The van der Waals surface area contributed by atoms with Crippen molar-refractivity contribution in [1.29, 1.82) is 0 Å². The summed E-state index contributed by atoms with van der Waals surface area (Å²) in [6, 6.07) is 7.96. The molecule has 1 aromatic rings. The molecular formula is C15H24N2OS. The third-order valence-electron chi connectivity index (χ3n) is 2.95. The molecule has 0 saturated heterocycles. The molecule has 19 heavy (non-hydrogen) atoms. The van der Waals surface area contributed by atoms with Crippen LogP contribution in [0.15, 0.2) is 29.2 Å². The van der Waals surface area contributed by atoms with Gasteiger partial charge in [0, 0.05) is 16.6 Å². The van der Waals surface area contributed by atoms with E-state index in [-0.39, 0.29) is 12.1 Å². The van der Waals surface area contributed by atoms with Gasteiger partial charge in [0.1, 0.15) is 0 Å². The topological polar surface area (TPSA) is 41.1 Å². The maximum atomic E-state index is 11.8. The van der Waals surface area contributed by atoms with E-state index in [9.17, 15) is 4.79 Å². The van der Waals surface area contributed by atoms with Gasteiger partial charge in [-0.05, 0) is 37.8 Å². The van der Waals surface area contributed by atoms with E-state index in [0.717, 1.165) is 17.0 Å². The number of benzene rings is 1. The quantitative estimate of drug-likeness (QED) is 0.570. The first kappa shape index (κ1) is 15.9. The first-order valence-electron chi connectivity index (χ1n) is 6.87. The van der Waals surface area contributed by atoms with Gasteiger partial charge in [-0.2, -0.15) is 0 Å². The van der Waals surface area contributed by atoms with Crippen LogP contribution in [0.1, 0.15) is 39.5 Å². The molecule has 2 N–H and O–H groups in total. The van der Waals surface area contributed by atoms with Crippen molar-refractivity contribution in [2.24, 2.45) is 0 Å². The van der Waals surface area contributed by atoms with Crippen molar-refractivity contribution in [1.82, 2.24) is 5.32 Å². The van der Waals surface area contributed by atoms with Crippen molar-refractivity contribution < 1.29 is 4.79 Å². The molecule has 0 aliphatic heterocycles. The van der Waals surface area contributed by atoms with Gasteiger partial charge in [-0.1, -0.05) is 32.3 Å². The number of urea groups is 1. The van der Waals surface area contributed by atoms with Crippen LogP contribution in [-0.2, 0) is 0 Å². The molecule has 0 bridgehead atoms. The zero-order valence-electron chi connectivity index (χ0n) is 12.0. The molecule has 3 nitrogen and oxygen atoms in total. The van der Waals surface area contributed by atoms with Crippen molar-refractivity contribution in [3.05, 3.63) is 24.3 Å². The number of carbonyl (C=O) groups excluding carboxylic acids is 1. The fourth-order valence-electron chi connectivity index (χ4n) is 1.86. The average Bonchev–Trinajstić information content (AvgIpc) is 2.39. The average molecular weight is 280 g/mol. The number of carbonyl (C=O) groups is 1. The molecule has 1 rings (SSSR count). The maximum Gasteiger partial charge on any atom is 0.319 e. The fourth-order valence-corrected chi connectivity index (χ4v) is 2.32. The number of amides is 2. The van der Waals surface area contributed by atoms with Gasteiger partial charge in [0.15, 0.2) is 0 Å². The fraction of sp³-hybridized carbons (Fsp3) is 0.533. The van der Waals surface area contributed by atoms with Gasteiger partial charge >= 0.3 is 6.03 Å². The van der Waals surface area contributed by atoms with E-state index in [4.69, 9.17) is 0 Å². The molecule has 0 aromatic heterocycles. The number of hydrogen-bond donors (Lipinski definition) is 2. The van der Waals surface area contributed by atoms with Crippen molar-refractivity contribution in [3.8, 4) is 0 Å². The van der Waals surface area contributed by atoms with Crippen LogP contribution in [0.3, 0.4) is 0 Å². The van der Waals surface area contributed by atoms with E-state index in [1.54, 1.807) is 11.8 Å². The lowest BCUT2D eigenvalue weighted by Gasteiger charge is -2.14. The van der Waals surface area contributed by atoms with Crippen LogP contribution < -0.4 is 10.6 Å². The molecule has 1 atom stereocenters. The number of unbranched alkanes of at least 4 members (excludes halogenated alkanes) is 2. The summed E-state index contributed by atoms with van der Waals surface area (Å²) < 4.78 is 0. The number of rotatable bonds is 7. The minimum Gasteiger partial charge on any atom is -0.335 e.